The maximum absolute atomic E-state index is 11.9. The van der Waals surface area contributed by atoms with Crippen LogP contribution in [-0.4, -0.2) is 26.9 Å². The molecule has 1 aliphatic rings. The van der Waals surface area contributed by atoms with Crippen molar-refractivity contribution in [2.45, 2.75) is 13.0 Å². The highest BCUT2D eigenvalue weighted by Gasteiger charge is 2.29. The van der Waals surface area contributed by atoms with E-state index in [1.165, 1.54) is 0 Å². The topological polar surface area (TPSA) is 69.4 Å². The fraction of sp³-hybridized carbons (Fsp3) is 0.0833. The monoisotopic (exact) mass is 462 g/mol. The van der Waals surface area contributed by atoms with Crippen molar-refractivity contribution in [2.75, 3.05) is 0 Å². The number of halogens is 2. The molecule has 4 aromatic rings. The molecule has 0 bridgehead atoms. The Balaban J connectivity index is 1.74. The second kappa shape index (κ2) is 8.22. The van der Waals surface area contributed by atoms with Gasteiger partial charge in [-0.1, -0.05) is 53.5 Å². The smallest absolute Gasteiger partial charge is 0.241 e. The number of carbonyl (C=O) groups excluding carboxylic acids is 1. The SMILES string of the molecule is Cc1cc(Cl)cc2c1N=C(c1cc(-c3ccccc3)nn1-c1ncccc1Cl)OC2C=O. The summed E-state index contributed by atoms with van der Waals surface area (Å²) >= 11 is 12.6. The summed E-state index contributed by atoms with van der Waals surface area (Å²) in [6.07, 6.45) is 1.52. The number of aryl methyl sites for hydroxylation is 1. The number of ether oxygens (including phenoxy) is 1. The number of aldehydes is 1. The van der Waals surface area contributed by atoms with Crippen LogP contribution in [0.2, 0.25) is 10.0 Å². The van der Waals surface area contributed by atoms with Gasteiger partial charge < -0.3 is 4.74 Å². The predicted molar refractivity (Wildman–Crippen MR) is 124 cm³/mol. The largest absolute Gasteiger partial charge is 0.460 e. The first-order chi connectivity index (χ1) is 15.5. The van der Waals surface area contributed by atoms with Crippen molar-refractivity contribution in [3.63, 3.8) is 0 Å². The summed E-state index contributed by atoms with van der Waals surface area (Å²) in [5.74, 6) is 0.676. The fourth-order valence-corrected chi connectivity index (χ4v) is 4.12. The second-order valence-corrected chi connectivity index (χ2v) is 8.10. The lowest BCUT2D eigenvalue weighted by Crippen LogP contribution is -2.21. The number of pyridine rings is 1. The Morgan fingerprint density at radius 3 is 2.62 bits per heavy atom. The van der Waals surface area contributed by atoms with E-state index >= 15 is 0 Å². The summed E-state index contributed by atoms with van der Waals surface area (Å²) < 4.78 is 7.59. The molecule has 0 aliphatic carbocycles. The molecule has 0 radical (unpaired) electrons. The van der Waals surface area contributed by atoms with E-state index in [1.54, 1.807) is 35.1 Å². The zero-order valence-electron chi connectivity index (χ0n) is 16.9. The van der Waals surface area contributed by atoms with Crippen LogP contribution in [0.4, 0.5) is 5.69 Å². The Hall–Kier alpha value is -3.48. The molecule has 0 N–H and O–H groups in total. The van der Waals surface area contributed by atoms with E-state index in [-0.39, 0.29) is 5.90 Å². The molecule has 0 fully saturated rings. The summed E-state index contributed by atoms with van der Waals surface area (Å²) in [6, 6.07) is 18.5. The minimum Gasteiger partial charge on any atom is -0.460 e. The van der Waals surface area contributed by atoms with Gasteiger partial charge in [-0.25, -0.2) is 14.7 Å². The van der Waals surface area contributed by atoms with E-state index in [0.29, 0.717) is 38.5 Å². The van der Waals surface area contributed by atoms with Crippen LogP contribution in [0.15, 0.2) is 71.9 Å². The van der Waals surface area contributed by atoms with Gasteiger partial charge >= 0.3 is 0 Å². The van der Waals surface area contributed by atoms with Gasteiger partial charge in [0.2, 0.25) is 5.90 Å². The molecule has 0 spiro atoms. The van der Waals surface area contributed by atoms with E-state index in [0.717, 1.165) is 17.4 Å². The number of fused-ring (bicyclic) bond motifs is 1. The molecule has 158 valence electrons. The molecule has 1 atom stereocenters. The highest BCUT2D eigenvalue weighted by molar-refractivity contribution is 6.32. The van der Waals surface area contributed by atoms with Crippen molar-refractivity contribution in [3.8, 4) is 17.1 Å². The maximum atomic E-state index is 11.9. The average Bonchev–Trinajstić information content (AvgIpc) is 3.25. The molecule has 0 saturated heterocycles. The first-order valence-electron chi connectivity index (χ1n) is 9.82. The quantitative estimate of drug-likeness (QED) is 0.354. The van der Waals surface area contributed by atoms with Gasteiger partial charge in [-0.05, 0) is 42.8 Å². The molecule has 32 heavy (non-hydrogen) atoms. The van der Waals surface area contributed by atoms with Gasteiger partial charge in [-0.3, -0.25) is 4.79 Å². The minimum absolute atomic E-state index is 0.247. The van der Waals surface area contributed by atoms with Crippen molar-refractivity contribution in [1.82, 2.24) is 14.8 Å². The predicted octanol–water partition coefficient (Wildman–Crippen LogP) is 5.90. The fourth-order valence-electron chi connectivity index (χ4n) is 3.64. The van der Waals surface area contributed by atoms with Crippen molar-refractivity contribution < 1.29 is 9.53 Å². The molecule has 0 saturated carbocycles. The number of aliphatic imine (C=N–C) groups is 1. The Labute approximate surface area is 194 Å². The van der Waals surface area contributed by atoms with E-state index in [9.17, 15) is 4.79 Å². The molecular formula is C24H16Cl2N4O2. The van der Waals surface area contributed by atoms with E-state index in [1.807, 2.05) is 43.3 Å². The van der Waals surface area contributed by atoms with Gasteiger partial charge in [0, 0.05) is 22.3 Å². The van der Waals surface area contributed by atoms with Crippen molar-refractivity contribution in [2.24, 2.45) is 4.99 Å². The summed E-state index contributed by atoms with van der Waals surface area (Å²) in [5.41, 5.74) is 4.23. The molecule has 2 aromatic heterocycles. The average molecular weight is 463 g/mol. The van der Waals surface area contributed by atoms with Crippen LogP contribution in [0.3, 0.4) is 0 Å². The number of carbonyl (C=O) groups is 1. The molecule has 3 heterocycles. The Bertz CT molecular complexity index is 1370. The van der Waals surface area contributed by atoms with Crippen LogP contribution in [0.25, 0.3) is 17.1 Å². The summed E-state index contributed by atoms with van der Waals surface area (Å²) in [7, 11) is 0. The molecule has 8 heteroatoms. The van der Waals surface area contributed by atoms with Crippen molar-refractivity contribution in [3.05, 3.63) is 93.7 Å². The summed E-state index contributed by atoms with van der Waals surface area (Å²) in [4.78, 5) is 21.0. The zero-order chi connectivity index (χ0) is 22.2. The van der Waals surface area contributed by atoms with E-state index in [4.69, 9.17) is 38.0 Å². The first-order valence-corrected chi connectivity index (χ1v) is 10.6. The van der Waals surface area contributed by atoms with Gasteiger partial charge in [0.15, 0.2) is 18.2 Å². The third-order valence-corrected chi connectivity index (χ3v) is 5.63. The number of rotatable bonds is 4. The molecule has 2 aromatic carbocycles. The van der Waals surface area contributed by atoms with E-state index < -0.39 is 6.10 Å². The number of hydrogen-bond acceptors (Lipinski definition) is 5. The highest BCUT2D eigenvalue weighted by atomic mass is 35.5. The lowest BCUT2D eigenvalue weighted by Gasteiger charge is -2.24. The van der Waals surface area contributed by atoms with E-state index in [2.05, 4.69) is 4.98 Å². The second-order valence-electron chi connectivity index (χ2n) is 7.25. The van der Waals surface area contributed by atoms with Crippen molar-refractivity contribution in [1.29, 1.82) is 0 Å². The number of hydrogen-bond donors (Lipinski definition) is 0. The lowest BCUT2D eigenvalue weighted by atomic mass is 10.0. The lowest BCUT2D eigenvalue weighted by molar-refractivity contribution is -0.114. The molecule has 5 rings (SSSR count). The highest BCUT2D eigenvalue weighted by Crippen LogP contribution is 2.38. The third-order valence-electron chi connectivity index (χ3n) is 5.11. The van der Waals surface area contributed by atoms with Crippen LogP contribution in [-0.2, 0) is 9.53 Å². The van der Waals surface area contributed by atoms with Crippen LogP contribution in [0, 0.1) is 6.92 Å². The normalized spacial score (nSPS) is 15.0. The molecule has 0 amide bonds. The van der Waals surface area contributed by atoms with Crippen LogP contribution >= 0.6 is 23.2 Å². The maximum Gasteiger partial charge on any atom is 0.241 e. The van der Waals surface area contributed by atoms with Crippen molar-refractivity contribution >= 4 is 41.1 Å². The molecular weight excluding hydrogens is 447 g/mol. The number of benzene rings is 2. The van der Waals surface area contributed by atoms with Gasteiger partial charge in [0.25, 0.3) is 0 Å². The first kappa shape index (κ1) is 20.4. The Morgan fingerprint density at radius 2 is 1.88 bits per heavy atom. The Kier molecular flexibility index (Phi) is 5.25. The van der Waals surface area contributed by atoms with Crippen LogP contribution < -0.4 is 0 Å². The third kappa shape index (κ3) is 3.57. The standard InChI is InChI=1S/C24H16Cl2N4O2/c1-14-10-16(25)11-17-21(13-31)32-24(28-22(14)17)20-12-19(15-6-3-2-4-7-15)29-30(20)23-18(26)8-5-9-27-23/h2-13,21H,1H3. The minimum atomic E-state index is -0.849. The van der Waals surface area contributed by atoms with Gasteiger partial charge in [-0.15, -0.1) is 0 Å². The summed E-state index contributed by atoms with van der Waals surface area (Å²) in [6.45, 7) is 1.89. The summed E-state index contributed by atoms with van der Waals surface area (Å²) in [5, 5.41) is 5.67. The van der Waals surface area contributed by atoms with Gasteiger partial charge in [-0.2, -0.15) is 5.10 Å². The van der Waals surface area contributed by atoms with Crippen LogP contribution in [0.5, 0.6) is 0 Å². The van der Waals surface area contributed by atoms with Gasteiger partial charge in [0.05, 0.1) is 16.4 Å². The number of aromatic nitrogens is 3. The van der Waals surface area contributed by atoms with Crippen LogP contribution in [0.1, 0.15) is 22.9 Å². The number of nitrogens with zero attached hydrogens (tertiary/aromatic N) is 4. The van der Waals surface area contributed by atoms with Gasteiger partial charge in [0.1, 0.15) is 5.69 Å². The molecule has 6 nitrogen and oxygen atoms in total. The Morgan fingerprint density at radius 1 is 1.06 bits per heavy atom. The zero-order valence-corrected chi connectivity index (χ0v) is 18.4. The molecule has 1 aliphatic heterocycles. The molecule has 1 unspecified atom stereocenters.